The summed E-state index contributed by atoms with van der Waals surface area (Å²) in [7, 11) is -3.12. The van der Waals surface area contributed by atoms with Crippen LogP contribution in [-0.2, 0) is 21.1 Å². The molecule has 4 rings (SSSR count). The number of hydrogen-bond acceptors (Lipinski definition) is 4. The van der Waals surface area contributed by atoms with E-state index >= 15 is 0 Å². The van der Waals surface area contributed by atoms with Gasteiger partial charge in [0, 0.05) is 16.0 Å². The highest BCUT2D eigenvalue weighted by atomic mass is 35.5. The molecule has 28 heavy (non-hydrogen) atoms. The minimum absolute atomic E-state index is 0.0263. The van der Waals surface area contributed by atoms with E-state index in [4.69, 9.17) is 11.6 Å². The van der Waals surface area contributed by atoms with Crippen molar-refractivity contribution in [3.63, 3.8) is 0 Å². The van der Waals surface area contributed by atoms with Gasteiger partial charge in [0.05, 0.1) is 24.0 Å². The average molecular weight is 439 g/mol. The normalized spacial score (nSPS) is 24.5. The number of aliphatic imine (C=N–C) groups is 1. The maximum atomic E-state index is 13.0. The lowest BCUT2D eigenvalue weighted by atomic mass is 10.1. The fourth-order valence-electron chi connectivity index (χ4n) is 3.39. The van der Waals surface area contributed by atoms with Crippen molar-refractivity contribution in [3.8, 4) is 0 Å². The molecule has 1 amide bonds. The van der Waals surface area contributed by atoms with Crippen molar-refractivity contribution in [2.45, 2.75) is 17.7 Å². The predicted molar refractivity (Wildman–Crippen MR) is 110 cm³/mol. The number of anilines is 1. The Hall–Kier alpha value is -1.90. The van der Waals surface area contributed by atoms with Crippen LogP contribution < -0.4 is 4.90 Å². The van der Waals surface area contributed by atoms with E-state index in [9.17, 15) is 17.6 Å². The summed E-state index contributed by atoms with van der Waals surface area (Å²) >= 11 is 7.28. The highest BCUT2D eigenvalue weighted by molar-refractivity contribution is 8.16. The van der Waals surface area contributed by atoms with Crippen LogP contribution in [-0.4, -0.2) is 42.3 Å². The first kappa shape index (κ1) is 19.4. The van der Waals surface area contributed by atoms with Crippen LogP contribution in [0.3, 0.4) is 0 Å². The zero-order chi connectivity index (χ0) is 19.9. The molecule has 0 radical (unpaired) electrons. The third-order valence-corrected chi connectivity index (χ3v) is 8.12. The van der Waals surface area contributed by atoms with Gasteiger partial charge in [-0.1, -0.05) is 35.5 Å². The zero-order valence-electron chi connectivity index (χ0n) is 14.6. The summed E-state index contributed by atoms with van der Waals surface area (Å²) in [5.74, 6) is -0.636. The standard InChI is InChI=1S/C19H16ClFN2O3S2/c20-13-3-7-15(8-4-13)23-16-10-28(25,26)11-17(16)27-19(23)22-18(24)9-12-1-5-14(21)6-2-12/h1-8,16-17H,9-11H2/t16-,17-/m1/s1. The molecule has 2 aliphatic rings. The molecule has 0 aliphatic carbocycles. The molecule has 2 fully saturated rings. The smallest absolute Gasteiger partial charge is 0.252 e. The Labute approximate surface area is 171 Å². The van der Waals surface area contributed by atoms with Crippen molar-refractivity contribution in [1.29, 1.82) is 0 Å². The Morgan fingerprint density at radius 2 is 1.82 bits per heavy atom. The number of nitrogens with zero attached hydrogens (tertiary/aromatic N) is 2. The maximum Gasteiger partial charge on any atom is 0.252 e. The van der Waals surface area contributed by atoms with Crippen molar-refractivity contribution < 1.29 is 17.6 Å². The van der Waals surface area contributed by atoms with Crippen molar-refractivity contribution in [3.05, 3.63) is 64.9 Å². The molecule has 2 heterocycles. The van der Waals surface area contributed by atoms with Gasteiger partial charge in [-0.3, -0.25) is 4.79 Å². The fourth-order valence-corrected chi connectivity index (χ4v) is 7.45. The number of benzene rings is 2. The summed E-state index contributed by atoms with van der Waals surface area (Å²) in [6.07, 6.45) is 0.0480. The van der Waals surface area contributed by atoms with Crippen molar-refractivity contribution >= 4 is 50.0 Å². The van der Waals surface area contributed by atoms with Crippen LogP contribution >= 0.6 is 23.4 Å². The van der Waals surface area contributed by atoms with Crippen LogP contribution in [0.15, 0.2) is 53.5 Å². The van der Waals surface area contributed by atoms with Gasteiger partial charge in [0.2, 0.25) is 0 Å². The summed E-state index contributed by atoms with van der Waals surface area (Å²) in [6, 6.07) is 12.4. The molecule has 2 atom stereocenters. The minimum atomic E-state index is -3.12. The van der Waals surface area contributed by atoms with E-state index in [0.717, 1.165) is 5.69 Å². The Morgan fingerprint density at radius 1 is 1.14 bits per heavy atom. The SMILES string of the molecule is O=C(Cc1ccc(F)cc1)N=C1S[C@@H]2CS(=O)(=O)C[C@H]2N1c1ccc(Cl)cc1. The van der Waals surface area contributed by atoms with Gasteiger partial charge in [-0.2, -0.15) is 4.99 Å². The van der Waals surface area contributed by atoms with Gasteiger partial charge in [0.1, 0.15) is 5.82 Å². The first-order chi connectivity index (χ1) is 13.3. The first-order valence-corrected chi connectivity index (χ1v) is 11.7. The van der Waals surface area contributed by atoms with Crippen LogP contribution in [0, 0.1) is 5.82 Å². The molecule has 2 aliphatic heterocycles. The van der Waals surface area contributed by atoms with Crippen LogP contribution in [0.4, 0.5) is 10.1 Å². The number of carbonyl (C=O) groups is 1. The molecule has 0 spiro atoms. The highest BCUT2D eigenvalue weighted by Gasteiger charge is 2.49. The number of amidine groups is 1. The molecule has 0 N–H and O–H groups in total. The zero-order valence-corrected chi connectivity index (χ0v) is 17.0. The molecule has 5 nitrogen and oxygen atoms in total. The van der Waals surface area contributed by atoms with Crippen LogP contribution in [0.25, 0.3) is 0 Å². The van der Waals surface area contributed by atoms with Crippen LogP contribution in [0.2, 0.25) is 5.02 Å². The first-order valence-electron chi connectivity index (χ1n) is 8.58. The second-order valence-electron chi connectivity index (χ2n) is 6.74. The number of amides is 1. The Kier molecular flexibility index (Phi) is 5.20. The van der Waals surface area contributed by atoms with Gasteiger partial charge >= 0.3 is 0 Å². The second-order valence-corrected chi connectivity index (χ2v) is 10.5. The molecule has 0 bridgehead atoms. The molecule has 9 heteroatoms. The highest BCUT2D eigenvalue weighted by Crippen LogP contribution is 2.41. The lowest BCUT2D eigenvalue weighted by molar-refractivity contribution is -0.117. The van der Waals surface area contributed by atoms with Crippen LogP contribution in [0.1, 0.15) is 5.56 Å². The topological polar surface area (TPSA) is 66.8 Å². The molecular formula is C19H16ClFN2O3S2. The van der Waals surface area contributed by atoms with Gasteiger partial charge < -0.3 is 4.90 Å². The number of rotatable bonds is 3. The third-order valence-electron chi connectivity index (χ3n) is 4.66. The molecular weight excluding hydrogens is 423 g/mol. The molecule has 0 saturated carbocycles. The molecule has 0 aromatic heterocycles. The number of thioether (sulfide) groups is 1. The fraction of sp³-hybridized carbons (Fsp3) is 0.263. The number of hydrogen-bond donors (Lipinski definition) is 0. The Morgan fingerprint density at radius 3 is 2.50 bits per heavy atom. The van der Waals surface area contributed by atoms with Gasteiger partial charge in [-0.05, 0) is 42.0 Å². The number of halogens is 2. The minimum Gasteiger partial charge on any atom is -0.316 e. The lowest BCUT2D eigenvalue weighted by Gasteiger charge is -2.24. The number of fused-ring (bicyclic) bond motifs is 1. The Bertz CT molecular complexity index is 1040. The maximum absolute atomic E-state index is 13.0. The summed E-state index contributed by atoms with van der Waals surface area (Å²) in [6.45, 7) is 0. The molecule has 2 aromatic carbocycles. The Balaban J connectivity index is 1.62. The van der Waals surface area contributed by atoms with E-state index in [0.29, 0.717) is 15.8 Å². The molecule has 2 aromatic rings. The van der Waals surface area contributed by atoms with Gasteiger partial charge in [0.15, 0.2) is 15.0 Å². The van der Waals surface area contributed by atoms with E-state index in [-0.39, 0.29) is 40.9 Å². The third kappa shape index (κ3) is 4.09. The van der Waals surface area contributed by atoms with Crippen LogP contribution in [0.5, 0.6) is 0 Å². The summed E-state index contributed by atoms with van der Waals surface area (Å²) < 4.78 is 37.2. The van der Waals surface area contributed by atoms with Crippen molar-refractivity contribution in [2.75, 3.05) is 16.4 Å². The van der Waals surface area contributed by atoms with Gasteiger partial charge in [-0.25, -0.2) is 12.8 Å². The average Bonchev–Trinajstić information content (AvgIpc) is 3.09. The van der Waals surface area contributed by atoms with E-state index < -0.39 is 9.84 Å². The van der Waals surface area contributed by atoms with Gasteiger partial charge in [-0.15, -0.1) is 0 Å². The lowest BCUT2D eigenvalue weighted by Crippen LogP contribution is -2.37. The predicted octanol–water partition coefficient (Wildman–Crippen LogP) is 3.32. The monoisotopic (exact) mass is 438 g/mol. The summed E-state index contributed by atoms with van der Waals surface area (Å²) in [5.41, 5.74) is 1.41. The van der Waals surface area contributed by atoms with E-state index in [1.54, 1.807) is 36.4 Å². The number of carbonyl (C=O) groups excluding carboxylic acids is 1. The number of sulfone groups is 1. The van der Waals surface area contributed by atoms with E-state index in [1.807, 2.05) is 4.90 Å². The van der Waals surface area contributed by atoms with Crippen molar-refractivity contribution in [1.82, 2.24) is 0 Å². The largest absolute Gasteiger partial charge is 0.316 e. The van der Waals surface area contributed by atoms with E-state index in [2.05, 4.69) is 4.99 Å². The second kappa shape index (κ2) is 7.50. The van der Waals surface area contributed by atoms with Gasteiger partial charge in [0.25, 0.3) is 5.91 Å². The summed E-state index contributed by atoms with van der Waals surface area (Å²) in [5, 5.41) is 0.884. The molecule has 2 saturated heterocycles. The van der Waals surface area contributed by atoms with E-state index in [1.165, 1.54) is 23.9 Å². The molecule has 146 valence electrons. The molecule has 0 unspecified atom stereocenters. The quantitative estimate of drug-likeness (QED) is 0.735. The summed E-state index contributed by atoms with van der Waals surface area (Å²) in [4.78, 5) is 18.5. The van der Waals surface area contributed by atoms with Crippen molar-refractivity contribution in [2.24, 2.45) is 4.99 Å².